The number of hydrogen-bond donors (Lipinski definition) is 1. The molecule has 0 saturated carbocycles. The normalized spacial score (nSPS) is 10.8. The van der Waals surface area contributed by atoms with Crippen LogP contribution in [0, 0.1) is 0 Å². The van der Waals surface area contributed by atoms with Crippen LogP contribution < -0.4 is 5.73 Å². The highest BCUT2D eigenvalue weighted by Gasteiger charge is 2.14. The van der Waals surface area contributed by atoms with Crippen molar-refractivity contribution in [2.45, 2.75) is 6.54 Å². The molecule has 106 valence electrons. The summed E-state index contributed by atoms with van der Waals surface area (Å²) in [7, 11) is 0. The molecule has 0 unspecified atom stereocenters. The minimum Gasteiger partial charge on any atom is -0.383 e. The molecule has 0 spiro atoms. The van der Waals surface area contributed by atoms with E-state index in [2.05, 4.69) is 4.98 Å². The number of halogens is 2. The lowest BCUT2D eigenvalue weighted by Crippen LogP contribution is -2.03. The first kappa shape index (κ1) is 14.0. The number of hydrogen-bond acceptors (Lipinski definition) is 2. The zero-order valence-electron chi connectivity index (χ0n) is 11.1. The standard InChI is InChI=1S/C16H13Cl2N3/c17-13-8-4-7-12(14(13)18)15-16(19)21(10-20-15)9-11-5-2-1-3-6-11/h1-8,10H,9,19H2. The third-order valence-electron chi connectivity index (χ3n) is 3.28. The minimum absolute atomic E-state index is 0.468. The molecule has 0 saturated heterocycles. The van der Waals surface area contributed by atoms with Crippen molar-refractivity contribution in [3.05, 3.63) is 70.5 Å². The Morgan fingerprint density at radius 1 is 1.00 bits per heavy atom. The number of nitrogen functional groups attached to an aromatic ring is 1. The average Bonchev–Trinajstić information content (AvgIpc) is 2.84. The number of rotatable bonds is 3. The van der Waals surface area contributed by atoms with Crippen molar-refractivity contribution in [3.63, 3.8) is 0 Å². The molecule has 21 heavy (non-hydrogen) atoms. The van der Waals surface area contributed by atoms with Crippen LogP contribution in [0.4, 0.5) is 5.82 Å². The lowest BCUT2D eigenvalue weighted by atomic mass is 10.1. The van der Waals surface area contributed by atoms with E-state index in [4.69, 9.17) is 28.9 Å². The number of nitrogens with zero attached hydrogens (tertiary/aromatic N) is 2. The average molecular weight is 318 g/mol. The van der Waals surface area contributed by atoms with E-state index in [1.165, 1.54) is 0 Å². The number of anilines is 1. The van der Waals surface area contributed by atoms with E-state index in [1.807, 2.05) is 47.0 Å². The molecule has 0 radical (unpaired) electrons. The summed E-state index contributed by atoms with van der Waals surface area (Å²) < 4.78 is 1.89. The Morgan fingerprint density at radius 2 is 1.76 bits per heavy atom. The molecule has 0 aliphatic heterocycles. The molecule has 0 aliphatic carbocycles. The van der Waals surface area contributed by atoms with Gasteiger partial charge in [0.1, 0.15) is 11.5 Å². The second-order valence-corrected chi connectivity index (χ2v) is 5.48. The molecule has 0 aliphatic rings. The Bertz CT molecular complexity index is 766. The third-order valence-corrected chi connectivity index (χ3v) is 4.10. The molecule has 1 aromatic heterocycles. The van der Waals surface area contributed by atoms with Crippen LogP contribution in [0.1, 0.15) is 5.56 Å². The topological polar surface area (TPSA) is 43.8 Å². The summed E-state index contributed by atoms with van der Waals surface area (Å²) in [5.74, 6) is 0.572. The highest BCUT2D eigenvalue weighted by Crippen LogP contribution is 2.35. The van der Waals surface area contributed by atoms with Crippen LogP contribution in [0.2, 0.25) is 10.0 Å². The van der Waals surface area contributed by atoms with Gasteiger partial charge in [-0.1, -0.05) is 65.7 Å². The highest BCUT2D eigenvalue weighted by molar-refractivity contribution is 6.43. The van der Waals surface area contributed by atoms with Crippen molar-refractivity contribution in [2.24, 2.45) is 0 Å². The van der Waals surface area contributed by atoms with E-state index in [0.29, 0.717) is 28.1 Å². The fourth-order valence-electron chi connectivity index (χ4n) is 2.19. The fourth-order valence-corrected chi connectivity index (χ4v) is 2.58. The molecule has 2 aromatic carbocycles. The predicted molar refractivity (Wildman–Crippen MR) is 87.6 cm³/mol. The zero-order chi connectivity index (χ0) is 14.8. The number of imidazole rings is 1. The molecule has 5 heteroatoms. The van der Waals surface area contributed by atoms with Crippen LogP contribution in [-0.2, 0) is 6.54 Å². The smallest absolute Gasteiger partial charge is 0.131 e. The van der Waals surface area contributed by atoms with E-state index >= 15 is 0 Å². The lowest BCUT2D eigenvalue weighted by molar-refractivity contribution is 0.808. The van der Waals surface area contributed by atoms with Gasteiger partial charge in [-0.2, -0.15) is 0 Å². The molecular formula is C16H13Cl2N3. The third kappa shape index (κ3) is 2.75. The van der Waals surface area contributed by atoms with Crippen LogP contribution in [0.15, 0.2) is 54.9 Å². The van der Waals surface area contributed by atoms with Gasteiger partial charge >= 0.3 is 0 Å². The second-order valence-electron chi connectivity index (χ2n) is 4.69. The van der Waals surface area contributed by atoms with Crippen LogP contribution >= 0.6 is 23.2 Å². The Labute approximate surface area is 132 Å². The van der Waals surface area contributed by atoms with Crippen molar-refractivity contribution >= 4 is 29.0 Å². The summed E-state index contributed by atoms with van der Waals surface area (Å²) in [4.78, 5) is 4.38. The Morgan fingerprint density at radius 3 is 2.52 bits per heavy atom. The number of aromatic nitrogens is 2. The van der Waals surface area contributed by atoms with Gasteiger partial charge in [-0.05, 0) is 11.6 Å². The maximum atomic E-state index is 6.23. The molecule has 0 amide bonds. The Balaban J connectivity index is 1.98. The molecule has 0 atom stereocenters. The van der Waals surface area contributed by atoms with Crippen molar-refractivity contribution in [3.8, 4) is 11.3 Å². The monoisotopic (exact) mass is 317 g/mol. The molecule has 3 aromatic rings. The van der Waals surface area contributed by atoms with Gasteiger partial charge in [0.15, 0.2) is 0 Å². The maximum Gasteiger partial charge on any atom is 0.131 e. The molecule has 3 nitrogen and oxygen atoms in total. The minimum atomic E-state index is 0.468. The van der Waals surface area contributed by atoms with Gasteiger partial charge in [0.05, 0.1) is 22.9 Å². The van der Waals surface area contributed by atoms with E-state index in [9.17, 15) is 0 Å². The van der Waals surface area contributed by atoms with Crippen molar-refractivity contribution in [1.82, 2.24) is 9.55 Å². The fraction of sp³-hybridized carbons (Fsp3) is 0.0625. The molecular weight excluding hydrogens is 305 g/mol. The second kappa shape index (κ2) is 5.80. The zero-order valence-corrected chi connectivity index (χ0v) is 12.6. The predicted octanol–water partition coefficient (Wildman–Crippen LogP) is 4.49. The van der Waals surface area contributed by atoms with Gasteiger partial charge in [0.25, 0.3) is 0 Å². The van der Waals surface area contributed by atoms with Crippen molar-refractivity contribution < 1.29 is 0 Å². The first-order valence-corrected chi connectivity index (χ1v) is 7.21. The van der Waals surface area contributed by atoms with Gasteiger partial charge in [0, 0.05) is 5.56 Å². The Hall–Kier alpha value is -1.97. The summed E-state index contributed by atoms with van der Waals surface area (Å²) >= 11 is 12.3. The summed E-state index contributed by atoms with van der Waals surface area (Å²) in [6.07, 6.45) is 1.72. The number of benzene rings is 2. The quantitative estimate of drug-likeness (QED) is 0.773. The van der Waals surface area contributed by atoms with Crippen LogP contribution in [0.3, 0.4) is 0 Å². The Kier molecular flexibility index (Phi) is 3.86. The lowest BCUT2D eigenvalue weighted by Gasteiger charge is -2.07. The largest absolute Gasteiger partial charge is 0.383 e. The van der Waals surface area contributed by atoms with E-state index < -0.39 is 0 Å². The van der Waals surface area contributed by atoms with Gasteiger partial charge in [-0.25, -0.2) is 4.98 Å². The number of nitrogens with two attached hydrogens (primary N) is 1. The van der Waals surface area contributed by atoms with Crippen LogP contribution in [0.5, 0.6) is 0 Å². The van der Waals surface area contributed by atoms with Gasteiger partial charge in [0.2, 0.25) is 0 Å². The van der Waals surface area contributed by atoms with E-state index in [0.717, 1.165) is 11.1 Å². The van der Waals surface area contributed by atoms with Gasteiger partial charge in [-0.15, -0.1) is 0 Å². The van der Waals surface area contributed by atoms with Gasteiger partial charge in [-0.3, -0.25) is 0 Å². The first-order valence-electron chi connectivity index (χ1n) is 6.45. The molecule has 2 N–H and O–H groups in total. The van der Waals surface area contributed by atoms with Crippen molar-refractivity contribution in [2.75, 3.05) is 5.73 Å². The first-order chi connectivity index (χ1) is 10.2. The van der Waals surface area contributed by atoms with Crippen LogP contribution in [0.25, 0.3) is 11.3 Å². The summed E-state index contributed by atoms with van der Waals surface area (Å²) in [6, 6.07) is 15.5. The molecule has 0 fully saturated rings. The highest BCUT2D eigenvalue weighted by atomic mass is 35.5. The van der Waals surface area contributed by atoms with E-state index in [1.54, 1.807) is 12.4 Å². The van der Waals surface area contributed by atoms with Crippen molar-refractivity contribution in [1.29, 1.82) is 0 Å². The SMILES string of the molecule is Nc1c(-c2cccc(Cl)c2Cl)ncn1Cc1ccccc1. The van der Waals surface area contributed by atoms with Crippen LogP contribution in [-0.4, -0.2) is 9.55 Å². The van der Waals surface area contributed by atoms with E-state index in [-0.39, 0.29) is 0 Å². The summed E-state index contributed by atoms with van der Waals surface area (Å²) in [6.45, 7) is 0.665. The molecule has 1 heterocycles. The molecule has 0 bridgehead atoms. The maximum absolute atomic E-state index is 6.23. The molecule has 3 rings (SSSR count). The van der Waals surface area contributed by atoms with Gasteiger partial charge < -0.3 is 10.3 Å². The summed E-state index contributed by atoms with van der Waals surface area (Å²) in [5.41, 5.74) is 8.75. The summed E-state index contributed by atoms with van der Waals surface area (Å²) in [5, 5.41) is 0.960.